The van der Waals surface area contributed by atoms with E-state index in [0.717, 1.165) is 22.3 Å². The second kappa shape index (κ2) is 18.0. The number of rotatable bonds is 15. The lowest BCUT2D eigenvalue weighted by Crippen LogP contribution is -2.62. The molecule has 1 saturated heterocycles. The second-order valence-corrected chi connectivity index (χ2v) is 15.0. The Kier molecular flexibility index (Phi) is 13.4. The van der Waals surface area contributed by atoms with Crippen LogP contribution in [0.2, 0.25) is 0 Å². The molecule has 0 unspecified atom stereocenters. The number of carbonyl (C=O) groups is 3. The average Bonchev–Trinajstić information content (AvgIpc) is 3.43. The molecule has 3 aromatic carbocycles. The molecule has 11 heteroatoms. The fraction of sp³-hybridized carbons (Fsp3) is 0.488. The predicted octanol–water partition coefficient (Wildman–Crippen LogP) is 2.80. The van der Waals surface area contributed by atoms with Crippen LogP contribution >= 0.6 is 0 Å². The Morgan fingerprint density at radius 1 is 0.942 bits per heavy atom. The molecule has 280 valence electrons. The molecule has 0 radical (unpaired) electrons. The zero-order valence-corrected chi connectivity index (χ0v) is 30.5. The molecule has 1 aliphatic carbocycles. The van der Waals surface area contributed by atoms with Gasteiger partial charge >= 0.3 is 0 Å². The highest BCUT2D eigenvalue weighted by atomic mass is 16.5. The van der Waals surface area contributed by atoms with Crippen molar-refractivity contribution in [2.24, 2.45) is 5.92 Å². The van der Waals surface area contributed by atoms with E-state index in [1.807, 2.05) is 92.4 Å². The number of fused-ring (bicyclic) bond motifs is 1. The van der Waals surface area contributed by atoms with Gasteiger partial charge in [0.25, 0.3) is 0 Å². The summed E-state index contributed by atoms with van der Waals surface area (Å²) < 4.78 is 5.50. The zero-order valence-electron chi connectivity index (χ0n) is 30.5. The van der Waals surface area contributed by atoms with Gasteiger partial charge in [-0.2, -0.15) is 0 Å². The standard InChI is InChI=1S/C41H54N4O7/c1-41(2,3)43-40(51)35-27-45(37(49)18-15-28-9-5-4-6-10-28)20-19-44(35)26-32(47)24-31(23-29-13-16-33(17-14-29)52-22-21-46)39(50)42-38-34-12-8-7-11-30(34)25-36(38)48/h4-14,16-17,31-32,35-36,38,46-48H,15,18-27H2,1-3H3,(H,42,50)(H,43,51)/t31-,32-,35-,36+,38-/m0/s1. The first kappa shape index (κ1) is 38.9. The van der Waals surface area contributed by atoms with E-state index in [0.29, 0.717) is 44.5 Å². The highest BCUT2D eigenvalue weighted by Gasteiger charge is 2.38. The van der Waals surface area contributed by atoms with Gasteiger partial charge in [-0.15, -0.1) is 0 Å². The molecule has 5 atom stereocenters. The number of piperazine rings is 1. The van der Waals surface area contributed by atoms with Gasteiger partial charge in [-0.25, -0.2) is 0 Å². The molecule has 5 N–H and O–H groups in total. The zero-order chi connectivity index (χ0) is 37.3. The summed E-state index contributed by atoms with van der Waals surface area (Å²) >= 11 is 0. The van der Waals surface area contributed by atoms with Gasteiger partial charge in [0.2, 0.25) is 17.7 Å². The number of aliphatic hydroxyl groups is 3. The SMILES string of the molecule is CC(C)(C)NC(=O)[C@@H]1CN(C(=O)CCc2ccccc2)CCN1C[C@@H](O)C[C@H](Cc1ccc(OCCO)cc1)C(=O)N[C@H]1c2ccccc2C[C@H]1O. The third-order valence-electron chi connectivity index (χ3n) is 9.76. The largest absolute Gasteiger partial charge is 0.491 e. The van der Waals surface area contributed by atoms with Gasteiger partial charge in [0, 0.05) is 50.5 Å². The van der Waals surface area contributed by atoms with Crippen LogP contribution in [0.5, 0.6) is 5.75 Å². The van der Waals surface area contributed by atoms with Crippen LogP contribution < -0.4 is 15.4 Å². The fourth-order valence-electron chi connectivity index (χ4n) is 7.17. The Morgan fingerprint density at radius 3 is 2.37 bits per heavy atom. The molecule has 0 spiro atoms. The summed E-state index contributed by atoms with van der Waals surface area (Å²) in [6.07, 6.45) is 0.114. The van der Waals surface area contributed by atoms with E-state index in [2.05, 4.69) is 10.6 Å². The maximum absolute atomic E-state index is 14.0. The Hall–Kier alpha value is -4.29. The number of aryl methyl sites for hydroxylation is 1. The van der Waals surface area contributed by atoms with Crippen molar-refractivity contribution >= 4 is 17.7 Å². The van der Waals surface area contributed by atoms with E-state index in [1.165, 1.54) is 0 Å². The van der Waals surface area contributed by atoms with Gasteiger partial charge in [0.15, 0.2) is 0 Å². The molecule has 11 nitrogen and oxygen atoms in total. The summed E-state index contributed by atoms with van der Waals surface area (Å²) in [6.45, 7) is 6.96. The number of aliphatic hydroxyl groups excluding tert-OH is 3. The predicted molar refractivity (Wildman–Crippen MR) is 198 cm³/mol. The second-order valence-electron chi connectivity index (χ2n) is 15.0. The number of hydrogen-bond acceptors (Lipinski definition) is 8. The third-order valence-corrected chi connectivity index (χ3v) is 9.76. The molecule has 1 aliphatic heterocycles. The summed E-state index contributed by atoms with van der Waals surface area (Å²) in [4.78, 5) is 44.6. The quantitative estimate of drug-likeness (QED) is 0.161. The van der Waals surface area contributed by atoms with Crippen molar-refractivity contribution in [1.29, 1.82) is 0 Å². The number of ether oxygens (including phenoxy) is 1. The molecule has 0 saturated carbocycles. The molecule has 3 aromatic rings. The third kappa shape index (κ3) is 10.9. The lowest BCUT2D eigenvalue weighted by molar-refractivity contribution is -0.139. The summed E-state index contributed by atoms with van der Waals surface area (Å²) in [5.74, 6) is -0.565. The normalized spacial score (nSPS) is 20.1. The average molecular weight is 715 g/mol. The first-order valence-corrected chi connectivity index (χ1v) is 18.3. The van der Waals surface area contributed by atoms with E-state index in [1.54, 1.807) is 17.0 Å². The van der Waals surface area contributed by atoms with E-state index in [9.17, 15) is 24.6 Å². The maximum atomic E-state index is 14.0. The van der Waals surface area contributed by atoms with Crippen molar-refractivity contribution in [3.8, 4) is 5.75 Å². The van der Waals surface area contributed by atoms with Crippen molar-refractivity contribution in [3.05, 3.63) is 101 Å². The van der Waals surface area contributed by atoms with Gasteiger partial charge < -0.3 is 35.6 Å². The van der Waals surface area contributed by atoms with E-state index in [4.69, 9.17) is 9.84 Å². The van der Waals surface area contributed by atoms with Crippen LogP contribution in [0.1, 0.15) is 61.9 Å². The molecule has 52 heavy (non-hydrogen) atoms. The van der Waals surface area contributed by atoms with E-state index in [-0.39, 0.29) is 50.4 Å². The van der Waals surface area contributed by atoms with Crippen LogP contribution in [0, 0.1) is 5.92 Å². The molecular weight excluding hydrogens is 660 g/mol. The maximum Gasteiger partial charge on any atom is 0.239 e. The van der Waals surface area contributed by atoms with Crippen LogP contribution in [-0.4, -0.2) is 106 Å². The fourth-order valence-corrected chi connectivity index (χ4v) is 7.17. The monoisotopic (exact) mass is 714 g/mol. The summed E-state index contributed by atoms with van der Waals surface area (Å²) in [5, 5.41) is 37.7. The minimum atomic E-state index is -0.964. The summed E-state index contributed by atoms with van der Waals surface area (Å²) in [6, 6.07) is 23.6. The van der Waals surface area contributed by atoms with Crippen molar-refractivity contribution < 1.29 is 34.4 Å². The van der Waals surface area contributed by atoms with E-state index < -0.39 is 35.7 Å². The first-order chi connectivity index (χ1) is 24.9. The summed E-state index contributed by atoms with van der Waals surface area (Å²) in [7, 11) is 0. The van der Waals surface area contributed by atoms with Gasteiger partial charge in [-0.1, -0.05) is 66.7 Å². The van der Waals surface area contributed by atoms with Gasteiger partial charge in [-0.3, -0.25) is 19.3 Å². The smallest absolute Gasteiger partial charge is 0.239 e. The highest BCUT2D eigenvalue weighted by Crippen LogP contribution is 2.32. The number of hydrogen-bond donors (Lipinski definition) is 5. The van der Waals surface area contributed by atoms with Crippen LogP contribution in [0.4, 0.5) is 0 Å². The molecule has 5 rings (SSSR count). The molecule has 1 heterocycles. The Labute approximate surface area is 307 Å². The van der Waals surface area contributed by atoms with Gasteiger partial charge in [-0.05, 0) is 74.4 Å². The van der Waals surface area contributed by atoms with Crippen molar-refractivity contribution in [3.63, 3.8) is 0 Å². The minimum Gasteiger partial charge on any atom is -0.491 e. The highest BCUT2D eigenvalue weighted by molar-refractivity contribution is 5.84. The minimum absolute atomic E-state index is 0.0159. The van der Waals surface area contributed by atoms with Crippen LogP contribution in [0.3, 0.4) is 0 Å². The van der Waals surface area contributed by atoms with Crippen molar-refractivity contribution in [1.82, 2.24) is 20.4 Å². The topological polar surface area (TPSA) is 152 Å². The molecule has 0 aromatic heterocycles. The number of nitrogens with one attached hydrogen (secondary N) is 2. The number of amides is 3. The molecular formula is C41H54N4O7. The Bertz CT molecular complexity index is 1630. The van der Waals surface area contributed by atoms with Crippen LogP contribution in [0.25, 0.3) is 0 Å². The first-order valence-electron chi connectivity index (χ1n) is 18.3. The van der Waals surface area contributed by atoms with Crippen molar-refractivity contribution in [2.75, 3.05) is 39.4 Å². The lowest BCUT2D eigenvalue weighted by atomic mass is 9.91. The Morgan fingerprint density at radius 2 is 1.65 bits per heavy atom. The van der Waals surface area contributed by atoms with Crippen LogP contribution in [0.15, 0.2) is 78.9 Å². The number of nitrogens with zero attached hydrogens (tertiary/aromatic N) is 2. The number of carbonyl (C=O) groups excluding carboxylic acids is 3. The molecule has 3 amide bonds. The van der Waals surface area contributed by atoms with Crippen LogP contribution in [-0.2, 0) is 33.6 Å². The molecule has 2 aliphatic rings. The Balaban J connectivity index is 1.29. The lowest BCUT2D eigenvalue weighted by Gasteiger charge is -2.42. The number of β-amino-alcohol motifs (C(OH)–C–C–N with tert-alkyl or cyclic N) is 1. The molecule has 0 bridgehead atoms. The van der Waals surface area contributed by atoms with E-state index >= 15 is 0 Å². The number of benzene rings is 3. The summed E-state index contributed by atoms with van der Waals surface area (Å²) in [5.41, 5.74) is 3.33. The molecule has 1 fully saturated rings. The van der Waals surface area contributed by atoms with Gasteiger partial charge in [0.1, 0.15) is 18.4 Å². The van der Waals surface area contributed by atoms with Crippen molar-refractivity contribution in [2.45, 2.75) is 82.7 Å². The van der Waals surface area contributed by atoms with Gasteiger partial charge in [0.05, 0.1) is 24.9 Å².